The van der Waals surface area contributed by atoms with Crippen molar-refractivity contribution in [1.29, 1.82) is 0 Å². The quantitative estimate of drug-likeness (QED) is 0.653. The summed E-state index contributed by atoms with van der Waals surface area (Å²) in [7, 11) is 0. The molecule has 1 aliphatic carbocycles. The molecular weight excluding hydrogens is 244 g/mol. The summed E-state index contributed by atoms with van der Waals surface area (Å²) < 4.78 is 0. The zero-order valence-electron chi connectivity index (χ0n) is 11.3. The fourth-order valence-electron chi connectivity index (χ4n) is 2.60. The van der Waals surface area contributed by atoms with Crippen LogP contribution in [0.15, 0.2) is 6.20 Å². The third kappa shape index (κ3) is 3.23. The summed E-state index contributed by atoms with van der Waals surface area (Å²) in [5.74, 6) is 0.129. The number of nitrogens with one attached hydrogen (secondary N) is 1. The molecule has 1 aliphatic rings. The SMILES string of the molecule is Cc1ncc(CO)c(CNC2CCCCC2O)c1O. The Morgan fingerprint density at radius 2 is 2.11 bits per heavy atom. The molecule has 0 radical (unpaired) electrons. The Balaban J connectivity index is 2.08. The average Bonchev–Trinajstić information content (AvgIpc) is 2.42. The number of aromatic hydroxyl groups is 1. The van der Waals surface area contributed by atoms with E-state index in [0.29, 0.717) is 23.4 Å². The second-order valence-corrected chi connectivity index (χ2v) is 5.19. The molecule has 19 heavy (non-hydrogen) atoms. The number of rotatable bonds is 4. The molecule has 0 saturated heterocycles. The number of aliphatic hydroxyl groups is 2. The highest BCUT2D eigenvalue weighted by molar-refractivity contribution is 5.40. The Bertz CT molecular complexity index is 437. The van der Waals surface area contributed by atoms with E-state index < -0.39 is 0 Å². The second kappa shape index (κ2) is 6.32. The predicted octanol–water partition coefficient (Wildman–Crippen LogP) is 0.981. The monoisotopic (exact) mass is 266 g/mol. The summed E-state index contributed by atoms with van der Waals surface area (Å²) >= 11 is 0. The maximum atomic E-state index is 10.0. The van der Waals surface area contributed by atoms with Crippen LogP contribution < -0.4 is 5.32 Å². The lowest BCUT2D eigenvalue weighted by atomic mass is 9.92. The molecule has 1 aromatic rings. The third-order valence-electron chi connectivity index (χ3n) is 3.87. The van der Waals surface area contributed by atoms with Gasteiger partial charge in [0.1, 0.15) is 5.75 Å². The third-order valence-corrected chi connectivity index (χ3v) is 3.87. The van der Waals surface area contributed by atoms with Gasteiger partial charge in [-0.3, -0.25) is 4.98 Å². The molecule has 2 unspecified atom stereocenters. The molecule has 1 aromatic heterocycles. The molecule has 0 amide bonds. The van der Waals surface area contributed by atoms with Crippen LogP contribution in [0.1, 0.15) is 42.5 Å². The van der Waals surface area contributed by atoms with E-state index >= 15 is 0 Å². The maximum Gasteiger partial charge on any atom is 0.141 e. The van der Waals surface area contributed by atoms with Gasteiger partial charge in [-0.25, -0.2) is 0 Å². The zero-order valence-corrected chi connectivity index (χ0v) is 11.3. The van der Waals surface area contributed by atoms with Gasteiger partial charge >= 0.3 is 0 Å². The summed E-state index contributed by atoms with van der Waals surface area (Å²) in [6.45, 7) is 2.02. The summed E-state index contributed by atoms with van der Waals surface area (Å²) in [5, 5.41) is 32.5. The van der Waals surface area contributed by atoms with E-state index in [1.54, 1.807) is 13.1 Å². The molecule has 106 valence electrons. The van der Waals surface area contributed by atoms with Gasteiger partial charge in [0.25, 0.3) is 0 Å². The zero-order chi connectivity index (χ0) is 13.8. The van der Waals surface area contributed by atoms with E-state index in [9.17, 15) is 15.3 Å². The molecule has 1 saturated carbocycles. The first-order valence-electron chi connectivity index (χ1n) is 6.82. The molecule has 5 heteroatoms. The minimum Gasteiger partial charge on any atom is -0.506 e. The van der Waals surface area contributed by atoms with Crippen molar-refractivity contribution < 1.29 is 15.3 Å². The molecule has 2 rings (SSSR count). The van der Waals surface area contributed by atoms with Gasteiger partial charge in [-0.05, 0) is 19.8 Å². The van der Waals surface area contributed by atoms with Crippen molar-refractivity contribution in [3.05, 3.63) is 23.0 Å². The summed E-state index contributed by atoms with van der Waals surface area (Å²) in [4.78, 5) is 4.03. The van der Waals surface area contributed by atoms with Gasteiger partial charge in [0.2, 0.25) is 0 Å². The molecule has 2 atom stereocenters. The number of hydrogen-bond acceptors (Lipinski definition) is 5. The maximum absolute atomic E-state index is 10.0. The standard InChI is InChI=1S/C14H22N2O3/c1-9-14(19)11(10(8-17)6-15-9)7-16-12-4-2-3-5-13(12)18/h6,12-13,16-19H,2-5,7-8H2,1H3. The Morgan fingerprint density at radius 1 is 1.37 bits per heavy atom. The molecule has 1 heterocycles. The van der Waals surface area contributed by atoms with Gasteiger partial charge in [-0.2, -0.15) is 0 Å². The van der Waals surface area contributed by atoms with E-state index in [-0.39, 0.29) is 24.5 Å². The molecule has 0 aromatic carbocycles. The Morgan fingerprint density at radius 3 is 2.79 bits per heavy atom. The normalized spacial score (nSPS) is 23.5. The predicted molar refractivity (Wildman–Crippen MR) is 71.7 cm³/mol. The van der Waals surface area contributed by atoms with Crippen LogP contribution in [0.25, 0.3) is 0 Å². The Labute approximate surface area is 113 Å². The van der Waals surface area contributed by atoms with E-state index in [0.717, 1.165) is 25.7 Å². The van der Waals surface area contributed by atoms with Gasteiger partial charge in [0.15, 0.2) is 0 Å². The second-order valence-electron chi connectivity index (χ2n) is 5.19. The van der Waals surface area contributed by atoms with Crippen LogP contribution in [0.3, 0.4) is 0 Å². The topological polar surface area (TPSA) is 85.6 Å². The van der Waals surface area contributed by atoms with Crippen molar-refractivity contribution in [2.75, 3.05) is 0 Å². The fourth-order valence-corrected chi connectivity index (χ4v) is 2.60. The van der Waals surface area contributed by atoms with Crippen molar-refractivity contribution in [2.24, 2.45) is 0 Å². The fraction of sp³-hybridized carbons (Fsp3) is 0.643. The van der Waals surface area contributed by atoms with E-state index in [2.05, 4.69) is 10.3 Å². The van der Waals surface area contributed by atoms with Gasteiger partial charge in [-0.1, -0.05) is 12.8 Å². The summed E-state index contributed by atoms with van der Waals surface area (Å²) in [5.41, 5.74) is 1.85. The minimum absolute atomic E-state index is 0.0631. The van der Waals surface area contributed by atoms with Crippen molar-refractivity contribution >= 4 is 0 Å². The molecular formula is C14H22N2O3. The van der Waals surface area contributed by atoms with Crippen LogP contribution in [-0.4, -0.2) is 32.4 Å². The van der Waals surface area contributed by atoms with E-state index in [4.69, 9.17) is 0 Å². The van der Waals surface area contributed by atoms with Crippen LogP contribution in [-0.2, 0) is 13.2 Å². The van der Waals surface area contributed by atoms with Crippen LogP contribution in [0.4, 0.5) is 0 Å². The van der Waals surface area contributed by atoms with Crippen LogP contribution >= 0.6 is 0 Å². The molecule has 0 aliphatic heterocycles. The summed E-state index contributed by atoms with van der Waals surface area (Å²) in [6.07, 6.45) is 5.22. The van der Waals surface area contributed by atoms with Gasteiger partial charge < -0.3 is 20.6 Å². The van der Waals surface area contributed by atoms with E-state index in [1.165, 1.54) is 0 Å². The van der Waals surface area contributed by atoms with Gasteiger partial charge in [0.05, 0.1) is 18.4 Å². The average molecular weight is 266 g/mol. The van der Waals surface area contributed by atoms with E-state index in [1.807, 2.05) is 0 Å². The highest BCUT2D eigenvalue weighted by Crippen LogP contribution is 2.25. The number of aromatic nitrogens is 1. The first-order valence-corrected chi connectivity index (χ1v) is 6.82. The molecule has 1 fully saturated rings. The summed E-state index contributed by atoms with van der Waals surface area (Å²) in [6, 6.07) is 0.0631. The van der Waals surface area contributed by atoms with Gasteiger partial charge in [0, 0.05) is 29.9 Å². The van der Waals surface area contributed by atoms with Crippen molar-refractivity contribution in [3.8, 4) is 5.75 Å². The number of aryl methyl sites for hydroxylation is 1. The van der Waals surface area contributed by atoms with Crippen LogP contribution in [0, 0.1) is 6.92 Å². The minimum atomic E-state index is -0.323. The van der Waals surface area contributed by atoms with Crippen molar-refractivity contribution in [1.82, 2.24) is 10.3 Å². The van der Waals surface area contributed by atoms with Crippen molar-refractivity contribution in [2.45, 2.75) is 57.9 Å². The van der Waals surface area contributed by atoms with Gasteiger partial charge in [-0.15, -0.1) is 0 Å². The largest absolute Gasteiger partial charge is 0.506 e. The molecule has 0 bridgehead atoms. The highest BCUT2D eigenvalue weighted by atomic mass is 16.3. The lowest BCUT2D eigenvalue weighted by Gasteiger charge is -2.29. The lowest BCUT2D eigenvalue weighted by molar-refractivity contribution is 0.0900. The molecule has 5 nitrogen and oxygen atoms in total. The smallest absolute Gasteiger partial charge is 0.141 e. The first kappa shape index (κ1) is 14.2. The Kier molecular flexibility index (Phi) is 4.74. The van der Waals surface area contributed by atoms with Crippen molar-refractivity contribution in [3.63, 3.8) is 0 Å². The molecule has 0 spiro atoms. The first-order chi connectivity index (χ1) is 9.13. The number of hydrogen-bond donors (Lipinski definition) is 4. The Hall–Kier alpha value is -1.17. The van der Waals surface area contributed by atoms with Crippen LogP contribution in [0.5, 0.6) is 5.75 Å². The molecule has 4 N–H and O–H groups in total. The highest BCUT2D eigenvalue weighted by Gasteiger charge is 2.23. The van der Waals surface area contributed by atoms with Crippen LogP contribution in [0.2, 0.25) is 0 Å². The number of aliphatic hydroxyl groups excluding tert-OH is 2. The lowest BCUT2D eigenvalue weighted by Crippen LogP contribution is -2.41. The number of nitrogens with zero attached hydrogens (tertiary/aromatic N) is 1. The number of pyridine rings is 1.